The van der Waals surface area contributed by atoms with Crippen molar-refractivity contribution in [1.82, 2.24) is 9.13 Å². The Balaban J connectivity index is 0.000000139. The second kappa shape index (κ2) is 24.4. The number of nitrogens with zero attached hydrogens (tertiary/aromatic N) is 4. The third kappa shape index (κ3) is 10.00. The second-order valence-corrected chi connectivity index (χ2v) is 26.0. The molecule has 2 heterocycles. The van der Waals surface area contributed by atoms with Crippen molar-refractivity contribution in [2.45, 2.75) is 0 Å². The first kappa shape index (κ1) is 58.1. The Labute approximate surface area is 579 Å². The van der Waals surface area contributed by atoms with E-state index in [0.29, 0.717) is 0 Å². The maximum atomic E-state index is 2.43. The molecule has 0 fully saturated rings. The summed E-state index contributed by atoms with van der Waals surface area (Å²) >= 11 is 0. The van der Waals surface area contributed by atoms with E-state index in [1.54, 1.807) is 0 Å². The molecule has 0 saturated heterocycles. The monoisotopic (exact) mass is 1270 g/mol. The van der Waals surface area contributed by atoms with Crippen LogP contribution in [0.1, 0.15) is 0 Å². The lowest BCUT2D eigenvalue weighted by Gasteiger charge is -2.27. The van der Waals surface area contributed by atoms with Crippen molar-refractivity contribution in [2.75, 3.05) is 9.80 Å². The molecule has 0 aliphatic heterocycles. The molecular weight excluding hydrogens is 1210 g/mol. The van der Waals surface area contributed by atoms with Crippen LogP contribution in [0.2, 0.25) is 0 Å². The minimum atomic E-state index is 1.12. The number of aromatic nitrogens is 2. The van der Waals surface area contributed by atoms with Crippen molar-refractivity contribution in [3.8, 4) is 33.6 Å². The Hall–Kier alpha value is -13.3. The van der Waals surface area contributed by atoms with Crippen LogP contribution in [0, 0.1) is 0 Å². The van der Waals surface area contributed by atoms with Gasteiger partial charge in [0, 0.05) is 66.7 Å². The van der Waals surface area contributed by atoms with E-state index >= 15 is 0 Å². The van der Waals surface area contributed by atoms with Gasteiger partial charge in [0.25, 0.3) is 0 Å². The number of hydrogen-bond donors (Lipinski definition) is 0. The van der Waals surface area contributed by atoms with Gasteiger partial charge in [-0.15, -0.1) is 0 Å². The van der Waals surface area contributed by atoms with E-state index in [-0.39, 0.29) is 0 Å². The average Bonchev–Trinajstić information content (AvgIpc) is 1.57. The zero-order valence-corrected chi connectivity index (χ0v) is 54.7. The first-order valence-corrected chi connectivity index (χ1v) is 34.4. The lowest BCUT2D eigenvalue weighted by atomic mass is 10.00. The van der Waals surface area contributed by atoms with Crippen LogP contribution in [-0.4, -0.2) is 9.13 Å². The molecule has 18 aromatic carbocycles. The fraction of sp³-hybridized carbons (Fsp3) is 0. The van der Waals surface area contributed by atoms with Gasteiger partial charge in [0.05, 0.1) is 27.8 Å². The van der Waals surface area contributed by atoms with Crippen molar-refractivity contribution in [3.05, 3.63) is 388 Å². The van der Waals surface area contributed by atoms with Gasteiger partial charge in [-0.05, 0) is 197 Å². The van der Waals surface area contributed by atoms with Gasteiger partial charge >= 0.3 is 0 Å². The average molecular weight is 1270 g/mol. The summed E-state index contributed by atoms with van der Waals surface area (Å²) in [5, 5.41) is 20.4. The van der Waals surface area contributed by atoms with E-state index < -0.39 is 0 Å². The summed E-state index contributed by atoms with van der Waals surface area (Å²) in [6.45, 7) is 0. The molecule has 4 heteroatoms. The van der Waals surface area contributed by atoms with Crippen molar-refractivity contribution >= 4 is 142 Å². The SMILES string of the molecule is c1ccc(N(c2ccc(-c3ccc(-n4c5ccc6ccccc6c5c5c6ccccc6ccc54)cc3)cc2)c2ccc3ccccc3c2)cc1.c1ccc(N(c2ccc(-c3ccc(-n4c5ccc6ccccc6c5c5c6ccccc6ccc54)cc3)cc2)c2cccc3ccccc23)cc1. The molecule has 0 atom stereocenters. The van der Waals surface area contributed by atoms with Crippen LogP contribution in [0.3, 0.4) is 0 Å². The van der Waals surface area contributed by atoms with E-state index in [9.17, 15) is 0 Å². The van der Waals surface area contributed by atoms with Crippen molar-refractivity contribution in [1.29, 1.82) is 0 Å². The smallest absolute Gasteiger partial charge is 0.0547 e. The number of benzene rings is 18. The van der Waals surface area contributed by atoms with Crippen LogP contribution < -0.4 is 9.80 Å². The zero-order valence-electron chi connectivity index (χ0n) is 54.7. The van der Waals surface area contributed by atoms with E-state index in [0.717, 1.165) is 45.5 Å². The molecule has 0 aliphatic rings. The number of rotatable bonds is 10. The van der Waals surface area contributed by atoms with E-state index in [4.69, 9.17) is 0 Å². The van der Waals surface area contributed by atoms with Gasteiger partial charge in [-0.25, -0.2) is 0 Å². The summed E-state index contributed by atoms with van der Waals surface area (Å²) in [5.41, 5.74) is 18.8. The molecule has 0 bridgehead atoms. The predicted molar refractivity (Wildman–Crippen MR) is 427 cm³/mol. The van der Waals surface area contributed by atoms with Gasteiger partial charge in [0.1, 0.15) is 0 Å². The van der Waals surface area contributed by atoms with Gasteiger partial charge in [-0.1, -0.05) is 273 Å². The molecule has 0 spiro atoms. The molecule has 0 N–H and O–H groups in total. The molecule has 0 amide bonds. The Morgan fingerprint density at radius 3 is 0.860 bits per heavy atom. The molecule has 0 saturated carbocycles. The summed E-state index contributed by atoms with van der Waals surface area (Å²) in [7, 11) is 0. The Bertz CT molecular complexity index is 6290. The van der Waals surface area contributed by atoms with Gasteiger partial charge in [-0.3, -0.25) is 0 Å². The van der Waals surface area contributed by atoms with Crippen LogP contribution in [0.25, 0.3) is 142 Å². The lowest BCUT2D eigenvalue weighted by molar-refractivity contribution is 1.18. The van der Waals surface area contributed by atoms with Crippen LogP contribution in [0.5, 0.6) is 0 Å². The maximum Gasteiger partial charge on any atom is 0.0547 e. The van der Waals surface area contributed by atoms with Crippen molar-refractivity contribution in [2.24, 2.45) is 0 Å². The highest BCUT2D eigenvalue weighted by Crippen LogP contribution is 2.45. The van der Waals surface area contributed by atoms with E-state index in [1.165, 1.54) is 131 Å². The summed E-state index contributed by atoms with van der Waals surface area (Å²) in [6, 6.07) is 141. The minimum absolute atomic E-state index is 1.12. The first-order chi connectivity index (χ1) is 49.6. The summed E-state index contributed by atoms with van der Waals surface area (Å²) < 4.78 is 4.86. The molecule has 4 nitrogen and oxygen atoms in total. The Morgan fingerprint density at radius 1 is 0.170 bits per heavy atom. The topological polar surface area (TPSA) is 16.3 Å². The van der Waals surface area contributed by atoms with Gasteiger partial charge in [0.15, 0.2) is 0 Å². The highest BCUT2D eigenvalue weighted by molar-refractivity contribution is 6.30. The predicted octanol–water partition coefficient (Wildman–Crippen LogP) is 26.8. The van der Waals surface area contributed by atoms with Crippen LogP contribution >= 0.6 is 0 Å². The van der Waals surface area contributed by atoms with Gasteiger partial charge < -0.3 is 18.9 Å². The van der Waals surface area contributed by atoms with Crippen molar-refractivity contribution < 1.29 is 0 Å². The third-order valence-corrected chi connectivity index (χ3v) is 20.3. The molecule has 0 unspecified atom stereocenters. The highest BCUT2D eigenvalue weighted by atomic mass is 15.1. The number of hydrogen-bond acceptors (Lipinski definition) is 2. The standard InChI is InChI=1S/2C48H32N2/c1-2-15-38(16-3-1)49(44-20-10-14-35-11-4-7-17-41(35)44)39-27-21-33(22-28-39)34-23-29-40(30-24-34)50-45-31-25-36-12-5-8-18-42(36)47(45)48-43-19-9-6-13-37(43)26-32-46(48)50;1-2-14-39(15-3-1)49(42-29-22-33-10-4-5-13-38(33)32-42)40-25-18-34(19-26-40)35-20-27-41(28-21-35)50-45-30-23-36-11-6-8-16-43(36)47(45)48-44-17-9-7-12-37(44)24-31-46(48)50/h2*1-32H. The van der Waals surface area contributed by atoms with E-state index in [2.05, 4.69) is 407 Å². The summed E-state index contributed by atoms with van der Waals surface area (Å²) in [6.07, 6.45) is 0. The molecule has 20 rings (SSSR count). The largest absolute Gasteiger partial charge is 0.310 e. The quantitative estimate of drug-likeness (QED) is 0.136. The fourth-order valence-electron chi connectivity index (χ4n) is 15.6. The molecule has 2 aromatic heterocycles. The lowest BCUT2D eigenvalue weighted by Crippen LogP contribution is -2.10. The van der Waals surface area contributed by atoms with Crippen molar-refractivity contribution in [3.63, 3.8) is 0 Å². The van der Waals surface area contributed by atoms with Crippen LogP contribution in [-0.2, 0) is 0 Å². The third-order valence-electron chi connectivity index (χ3n) is 20.3. The number of fused-ring (bicyclic) bond motifs is 16. The van der Waals surface area contributed by atoms with Crippen LogP contribution in [0.15, 0.2) is 388 Å². The van der Waals surface area contributed by atoms with Gasteiger partial charge in [-0.2, -0.15) is 0 Å². The van der Waals surface area contributed by atoms with Crippen LogP contribution in [0.4, 0.5) is 34.1 Å². The first-order valence-electron chi connectivity index (χ1n) is 34.4. The van der Waals surface area contributed by atoms with E-state index in [1.807, 2.05) is 0 Å². The normalized spacial score (nSPS) is 11.6. The minimum Gasteiger partial charge on any atom is -0.310 e. The molecule has 468 valence electrons. The molecule has 0 aliphatic carbocycles. The molecule has 100 heavy (non-hydrogen) atoms. The Morgan fingerprint density at radius 2 is 0.450 bits per heavy atom. The van der Waals surface area contributed by atoms with Gasteiger partial charge in [0.2, 0.25) is 0 Å². The maximum absolute atomic E-state index is 2.43. The fourth-order valence-corrected chi connectivity index (χ4v) is 15.6. The zero-order chi connectivity index (χ0) is 66.0. The summed E-state index contributed by atoms with van der Waals surface area (Å²) in [5.74, 6) is 0. The second-order valence-electron chi connectivity index (χ2n) is 26.0. The molecule has 0 radical (unpaired) electrons. The number of anilines is 6. The Kier molecular flexibility index (Phi) is 14.2. The molecule has 20 aromatic rings. The number of para-hydroxylation sites is 2. The molecular formula is C96H64N4. The summed E-state index contributed by atoms with van der Waals surface area (Å²) in [4.78, 5) is 4.68. The highest BCUT2D eigenvalue weighted by Gasteiger charge is 2.22.